The molecule has 0 aliphatic heterocycles. The van der Waals surface area contributed by atoms with Gasteiger partial charge in [0.2, 0.25) is 0 Å². The van der Waals surface area contributed by atoms with Crippen molar-refractivity contribution in [3.05, 3.63) is 17.8 Å². The van der Waals surface area contributed by atoms with E-state index in [1.54, 1.807) is 6.07 Å². The Morgan fingerprint density at radius 2 is 2.00 bits per heavy atom. The summed E-state index contributed by atoms with van der Waals surface area (Å²) in [5.41, 5.74) is 0.131. The van der Waals surface area contributed by atoms with Crippen LogP contribution in [0.4, 0.5) is 5.82 Å². The summed E-state index contributed by atoms with van der Waals surface area (Å²) in [6.45, 7) is 0.388. The summed E-state index contributed by atoms with van der Waals surface area (Å²) >= 11 is 0. The molecule has 0 bridgehead atoms. The summed E-state index contributed by atoms with van der Waals surface area (Å²) in [7, 11) is 2.60. The van der Waals surface area contributed by atoms with Crippen LogP contribution in [0.5, 0.6) is 0 Å². The van der Waals surface area contributed by atoms with Crippen molar-refractivity contribution in [1.82, 2.24) is 10.2 Å². The first kappa shape index (κ1) is 12.9. The van der Waals surface area contributed by atoms with Gasteiger partial charge in [-0.05, 0) is 12.1 Å². The molecule has 0 unspecified atom stereocenters. The van der Waals surface area contributed by atoms with Gasteiger partial charge in [0, 0.05) is 6.54 Å². The Morgan fingerprint density at radius 3 is 2.53 bits per heavy atom. The monoisotopic (exact) mass is 239 g/mol. The maximum Gasteiger partial charge on any atom is 0.358 e. The molecule has 7 nitrogen and oxygen atoms in total. The smallest absolute Gasteiger partial charge is 0.358 e. The van der Waals surface area contributed by atoms with Crippen molar-refractivity contribution in [1.29, 1.82) is 0 Å². The number of nitrogens with zero attached hydrogens (tertiary/aromatic N) is 2. The van der Waals surface area contributed by atoms with Crippen molar-refractivity contribution in [3.63, 3.8) is 0 Å². The molecule has 0 amide bonds. The first-order chi connectivity index (χ1) is 8.17. The number of nitrogens with one attached hydrogen (secondary N) is 1. The van der Waals surface area contributed by atoms with Crippen LogP contribution in [0.1, 0.15) is 16.9 Å². The fourth-order valence-corrected chi connectivity index (χ4v) is 1.03. The molecule has 1 aromatic heterocycles. The third-order valence-corrected chi connectivity index (χ3v) is 1.92. The summed E-state index contributed by atoms with van der Waals surface area (Å²) in [5.74, 6) is -0.378. The lowest BCUT2D eigenvalue weighted by Gasteiger charge is -2.04. The number of carbonyl (C=O) groups is 2. The highest BCUT2D eigenvalue weighted by molar-refractivity contribution is 5.86. The lowest BCUT2D eigenvalue weighted by atomic mass is 10.4. The standard InChI is InChI=1S/C10H13N3O4/c1-16-9(14)5-6-11-8-4-3-7(12-13-8)10(15)17-2/h3-4H,5-6H2,1-2H3,(H,11,13). The van der Waals surface area contributed by atoms with Gasteiger partial charge in [0.1, 0.15) is 5.82 Å². The van der Waals surface area contributed by atoms with E-state index >= 15 is 0 Å². The molecule has 0 saturated heterocycles. The maximum absolute atomic E-state index is 11.1. The zero-order valence-electron chi connectivity index (χ0n) is 9.60. The molecule has 1 N–H and O–H groups in total. The van der Waals surface area contributed by atoms with E-state index < -0.39 is 5.97 Å². The number of methoxy groups -OCH3 is 2. The van der Waals surface area contributed by atoms with E-state index in [1.807, 2.05) is 0 Å². The van der Waals surface area contributed by atoms with Crippen molar-refractivity contribution in [2.75, 3.05) is 26.1 Å². The second kappa shape index (κ2) is 6.41. The molecular weight excluding hydrogens is 226 g/mol. The number of anilines is 1. The highest BCUT2D eigenvalue weighted by atomic mass is 16.5. The lowest BCUT2D eigenvalue weighted by Crippen LogP contribution is -2.12. The van der Waals surface area contributed by atoms with E-state index in [4.69, 9.17) is 0 Å². The molecule has 0 radical (unpaired) electrons. The second-order valence-corrected chi connectivity index (χ2v) is 3.05. The summed E-state index contributed by atoms with van der Waals surface area (Å²) in [6, 6.07) is 3.07. The predicted octanol–water partition coefficient (Wildman–Crippen LogP) is 0.238. The molecule has 0 aromatic carbocycles. The molecule has 0 fully saturated rings. The molecule has 7 heteroatoms. The molecule has 0 atom stereocenters. The van der Waals surface area contributed by atoms with Gasteiger partial charge >= 0.3 is 11.9 Å². The third kappa shape index (κ3) is 4.06. The first-order valence-corrected chi connectivity index (χ1v) is 4.90. The molecule has 1 heterocycles. The fourth-order valence-electron chi connectivity index (χ4n) is 1.03. The van der Waals surface area contributed by atoms with Crippen LogP contribution in [0.3, 0.4) is 0 Å². The molecule has 0 aliphatic rings. The van der Waals surface area contributed by atoms with Crippen LogP contribution in [0.15, 0.2) is 12.1 Å². The molecule has 0 aliphatic carbocycles. The largest absolute Gasteiger partial charge is 0.469 e. The lowest BCUT2D eigenvalue weighted by molar-refractivity contribution is -0.140. The van der Waals surface area contributed by atoms with E-state index in [0.717, 1.165) is 0 Å². The SMILES string of the molecule is COC(=O)CCNc1ccc(C(=O)OC)nn1. The summed E-state index contributed by atoms with van der Waals surface area (Å²) in [5, 5.41) is 10.3. The van der Waals surface area contributed by atoms with Crippen molar-refractivity contribution in [2.24, 2.45) is 0 Å². The second-order valence-electron chi connectivity index (χ2n) is 3.05. The maximum atomic E-state index is 11.1. The van der Waals surface area contributed by atoms with Crippen LogP contribution >= 0.6 is 0 Å². The van der Waals surface area contributed by atoms with Crippen molar-refractivity contribution in [3.8, 4) is 0 Å². The van der Waals surface area contributed by atoms with Gasteiger partial charge in [-0.25, -0.2) is 4.79 Å². The Hall–Kier alpha value is -2.18. The van der Waals surface area contributed by atoms with Crippen molar-refractivity contribution >= 4 is 17.8 Å². The average Bonchev–Trinajstić information content (AvgIpc) is 2.38. The highest BCUT2D eigenvalue weighted by Crippen LogP contribution is 2.03. The highest BCUT2D eigenvalue weighted by Gasteiger charge is 2.07. The van der Waals surface area contributed by atoms with Crippen LogP contribution in [-0.2, 0) is 14.3 Å². The number of carbonyl (C=O) groups excluding carboxylic acids is 2. The van der Waals surface area contributed by atoms with Gasteiger partial charge in [0.15, 0.2) is 5.69 Å². The summed E-state index contributed by atoms with van der Waals surface area (Å²) in [4.78, 5) is 21.9. The Balaban J connectivity index is 2.46. The Labute approximate surface area is 98.1 Å². The van der Waals surface area contributed by atoms with Crippen LogP contribution in [-0.4, -0.2) is 42.9 Å². The molecule has 0 saturated carbocycles. The Bertz CT molecular complexity index is 391. The number of esters is 2. The number of rotatable bonds is 5. The van der Waals surface area contributed by atoms with E-state index in [0.29, 0.717) is 12.4 Å². The average molecular weight is 239 g/mol. The van der Waals surface area contributed by atoms with Gasteiger partial charge in [-0.15, -0.1) is 10.2 Å². The van der Waals surface area contributed by atoms with Gasteiger partial charge in [-0.1, -0.05) is 0 Å². The summed E-state index contributed by atoms with van der Waals surface area (Å²) < 4.78 is 8.96. The number of aromatic nitrogens is 2. The topological polar surface area (TPSA) is 90.4 Å². The molecule has 0 spiro atoms. The zero-order valence-corrected chi connectivity index (χ0v) is 9.60. The zero-order chi connectivity index (χ0) is 12.7. The number of hydrogen-bond donors (Lipinski definition) is 1. The predicted molar refractivity (Wildman–Crippen MR) is 58.5 cm³/mol. The van der Waals surface area contributed by atoms with Crippen molar-refractivity contribution in [2.45, 2.75) is 6.42 Å². The molecule has 17 heavy (non-hydrogen) atoms. The molecular formula is C10H13N3O4. The van der Waals surface area contributed by atoms with Gasteiger partial charge in [-0.3, -0.25) is 4.79 Å². The van der Waals surface area contributed by atoms with E-state index in [-0.39, 0.29) is 18.1 Å². The fraction of sp³-hybridized carbons (Fsp3) is 0.400. The molecule has 1 rings (SSSR count). The van der Waals surface area contributed by atoms with Crippen LogP contribution in [0.2, 0.25) is 0 Å². The van der Waals surface area contributed by atoms with Crippen LogP contribution in [0, 0.1) is 0 Å². The quantitative estimate of drug-likeness (QED) is 0.736. The molecule has 92 valence electrons. The minimum atomic E-state index is -0.543. The Morgan fingerprint density at radius 1 is 1.24 bits per heavy atom. The van der Waals surface area contributed by atoms with Crippen LogP contribution in [0.25, 0.3) is 0 Å². The third-order valence-electron chi connectivity index (χ3n) is 1.92. The van der Waals surface area contributed by atoms with E-state index in [1.165, 1.54) is 20.3 Å². The van der Waals surface area contributed by atoms with Gasteiger partial charge in [0.05, 0.1) is 20.6 Å². The van der Waals surface area contributed by atoms with Crippen LogP contribution < -0.4 is 5.32 Å². The summed E-state index contributed by atoms with van der Waals surface area (Å²) in [6.07, 6.45) is 0.233. The normalized spacial score (nSPS) is 9.53. The minimum Gasteiger partial charge on any atom is -0.469 e. The van der Waals surface area contributed by atoms with Gasteiger partial charge in [-0.2, -0.15) is 0 Å². The minimum absolute atomic E-state index is 0.131. The Kier molecular flexibility index (Phi) is 4.86. The number of ether oxygens (including phenoxy) is 2. The van der Waals surface area contributed by atoms with Gasteiger partial charge in [0.25, 0.3) is 0 Å². The first-order valence-electron chi connectivity index (χ1n) is 4.90. The van der Waals surface area contributed by atoms with E-state index in [2.05, 4.69) is 25.0 Å². The molecule has 1 aromatic rings. The number of hydrogen-bond acceptors (Lipinski definition) is 7. The van der Waals surface area contributed by atoms with Crippen molar-refractivity contribution < 1.29 is 19.1 Å². The van der Waals surface area contributed by atoms with Gasteiger partial charge < -0.3 is 14.8 Å². The van der Waals surface area contributed by atoms with E-state index in [9.17, 15) is 9.59 Å².